The maximum Gasteiger partial charge on any atom is 1.00 e. The molecule has 9 heteroatoms. The van der Waals surface area contributed by atoms with E-state index in [-0.39, 0.29) is 70.7 Å². The van der Waals surface area contributed by atoms with E-state index < -0.39 is 16.6 Å². The summed E-state index contributed by atoms with van der Waals surface area (Å²) >= 11 is 6.15. The first-order chi connectivity index (χ1) is 23.4. The maximum atomic E-state index is 14.0. The molecule has 6 nitrogen and oxygen atoms in total. The summed E-state index contributed by atoms with van der Waals surface area (Å²) in [6.45, 7) is 8.62. The summed E-state index contributed by atoms with van der Waals surface area (Å²) in [7, 11) is -2.16. The molecule has 0 aliphatic heterocycles. The van der Waals surface area contributed by atoms with E-state index in [1.165, 1.54) is 5.56 Å². The third-order valence-electron chi connectivity index (χ3n) is 8.80. The number of nitrogens with one attached hydrogen (secondary N) is 1. The first-order valence-electron chi connectivity index (χ1n) is 16.4. The Balaban J connectivity index is 0.00000351. The van der Waals surface area contributed by atoms with Crippen molar-refractivity contribution in [2.24, 2.45) is 0 Å². The van der Waals surface area contributed by atoms with Crippen molar-refractivity contribution in [1.29, 1.82) is 0 Å². The summed E-state index contributed by atoms with van der Waals surface area (Å²) in [4.78, 5) is 26.6. The Morgan fingerprint density at radius 1 is 0.765 bits per heavy atom. The Kier molecular flexibility index (Phi) is 15.4. The van der Waals surface area contributed by atoms with Gasteiger partial charge in [-0.25, -0.2) is 0 Å². The number of anilines is 1. The molecule has 0 radical (unpaired) electrons. The molecule has 5 aromatic rings. The third-order valence-corrected chi connectivity index (χ3v) is 9.65. The van der Waals surface area contributed by atoms with Crippen LogP contribution < -0.4 is 34.9 Å². The zero-order valence-corrected chi connectivity index (χ0v) is 33.3. The number of rotatable bonds is 12. The van der Waals surface area contributed by atoms with E-state index >= 15 is 0 Å². The van der Waals surface area contributed by atoms with E-state index in [9.17, 15) is 18.0 Å². The van der Waals surface area contributed by atoms with Gasteiger partial charge in [0.1, 0.15) is 0 Å². The Hall–Kier alpha value is -3.56. The van der Waals surface area contributed by atoms with Gasteiger partial charge in [-0.05, 0) is 87.5 Å². The molecule has 51 heavy (non-hydrogen) atoms. The summed E-state index contributed by atoms with van der Waals surface area (Å²) in [5.74, 6) is -0.771. The molecule has 1 atom stereocenters. The Morgan fingerprint density at radius 2 is 1.33 bits per heavy atom. The smallest absolute Gasteiger partial charge is 0.870 e. The number of aryl methyl sites for hydroxylation is 1. The summed E-state index contributed by atoms with van der Waals surface area (Å²) in [5.41, 5.74) is 9.72. The van der Waals surface area contributed by atoms with Crippen LogP contribution in [0, 0.1) is 6.92 Å². The van der Waals surface area contributed by atoms with Crippen LogP contribution in [0.15, 0.2) is 115 Å². The van der Waals surface area contributed by atoms with Crippen LogP contribution in [-0.4, -0.2) is 22.9 Å². The third kappa shape index (κ3) is 11.5. The van der Waals surface area contributed by atoms with E-state index in [1.807, 2.05) is 73.7 Å². The number of halogens is 1. The van der Waals surface area contributed by atoms with Gasteiger partial charge < -0.3 is 19.2 Å². The second kappa shape index (κ2) is 18.8. The molecule has 5 aromatic carbocycles. The van der Waals surface area contributed by atoms with Crippen molar-refractivity contribution in [2.45, 2.75) is 58.3 Å². The van der Waals surface area contributed by atoms with Crippen LogP contribution in [0.25, 0.3) is 22.3 Å². The van der Waals surface area contributed by atoms with Crippen molar-refractivity contribution in [1.82, 2.24) is 0 Å². The molecular formula is C42H42ClNNaO5S-. The van der Waals surface area contributed by atoms with E-state index in [4.69, 9.17) is 11.6 Å². The molecule has 0 heterocycles. The molecule has 0 spiro atoms. The predicted octanol–water partition coefficient (Wildman–Crippen LogP) is 7.34. The number of benzene rings is 5. The second-order valence-corrected chi connectivity index (χ2v) is 14.9. The quantitative estimate of drug-likeness (QED) is 0.0821. The molecular weight excluding hydrogens is 689 g/mol. The molecule has 1 amide bonds. The number of hydrogen-bond acceptors (Lipinski definition) is 6. The largest absolute Gasteiger partial charge is 1.00 e. The minimum atomic E-state index is -2.16. The molecule has 0 saturated heterocycles. The van der Waals surface area contributed by atoms with Crippen LogP contribution in [0.4, 0.5) is 5.69 Å². The van der Waals surface area contributed by atoms with Crippen molar-refractivity contribution < 1.29 is 53.0 Å². The normalized spacial score (nSPS) is 11.6. The Bertz CT molecular complexity index is 1990. The Labute approximate surface area is 330 Å². The Morgan fingerprint density at radius 3 is 1.88 bits per heavy atom. The van der Waals surface area contributed by atoms with E-state index in [0.29, 0.717) is 22.7 Å². The van der Waals surface area contributed by atoms with Gasteiger partial charge in [-0.15, -0.1) is 0 Å². The zero-order chi connectivity index (χ0) is 35.1. The molecule has 0 aliphatic carbocycles. The average molecular weight is 731 g/mol. The van der Waals surface area contributed by atoms with Crippen molar-refractivity contribution >= 4 is 39.7 Å². The molecule has 260 valence electrons. The number of Topliss-reactive ketones (excluding diaryl/α,β-unsaturated/α-hetero) is 1. The summed E-state index contributed by atoms with van der Waals surface area (Å²) < 4.78 is 21.7. The standard InChI is InChI=1S/C42H41ClNO4S.Na.H2O/c1-28-26-36(43)21-24-38(28)32-17-22-37(23-18-32)44-41(46)39(27-29-7-9-34(10-8-29)40(45)6-5-25-49(47)48)33-13-11-30(12-14-33)31-15-19-35(20-16-31)42(2,3)4;;/h7-24,26,39H,5-6,25,27H2,1-4H3,(H,44,46);;1H2/q-1;+1;/p-1/t39-;;/m1../s1. The van der Waals surface area contributed by atoms with Crippen molar-refractivity contribution in [3.05, 3.63) is 148 Å². The topological polar surface area (TPSA) is 110 Å². The predicted molar refractivity (Wildman–Crippen MR) is 203 cm³/mol. The summed E-state index contributed by atoms with van der Waals surface area (Å²) in [5, 5.41) is 3.82. The molecule has 2 N–H and O–H groups in total. The SMILES string of the molecule is Cc1cc(Cl)ccc1-c1ccc(NC(=O)[C@H](Cc2ccc(C(=O)CCC[S-](=O)=O)cc2)c2ccc(-c3ccc(C(C)(C)C)cc3)cc2)cc1.[Na+].[OH-]. The van der Waals surface area contributed by atoms with Gasteiger partial charge >= 0.3 is 29.6 Å². The first kappa shape index (κ1) is 41.9. The van der Waals surface area contributed by atoms with Gasteiger partial charge in [0.2, 0.25) is 5.91 Å². The number of carbonyl (C=O) groups is 2. The minimum Gasteiger partial charge on any atom is -0.870 e. The van der Waals surface area contributed by atoms with E-state index in [2.05, 4.69) is 62.5 Å². The maximum absolute atomic E-state index is 14.0. The number of carbonyl (C=O) groups excluding carboxylic acids is 2. The fourth-order valence-electron chi connectivity index (χ4n) is 5.90. The zero-order valence-electron chi connectivity index (χ0n) is 29.7. The fraction of sp³-hybridized carbons (Fsp3) is 0.238. The molecule has 0 fully saturated rings. The van der Waals surface area contributed by atoms with Gasteiger partial charge in [0, 0.05) is 22.7 Å². The van der Waals surface area contributed by atoms with Crippen LogP contribution in [0.3, 0.4) is 0 Å². The second-order valence-electron chi connectivity index (χ2n) is 13.5. The number of ketones is 1. The van der Waals surface area contributed by atoms with Crippen molar-refractivity contribution in [2.75, 3.05) is 11.1 Å². The van der Waals surface area contributed by atoms with Crippen LogP contribution in [0.5, 0.6) is 0 Å². The van der Waals surface area contributed by atoms with Gasteiger partial charge in [-0.2, -0.15) is 0 Å². The van der Waals surface area contributed by atoms with Crippen molar-refractivity contribution in [3.8, 4) is 22.3 Å². The van der Waals surface area contributed by atoms with Gasteiger partial charge in [-0.1, -0.05) is 146 Å². The molecule has 5 rings (SSSR count). The van der Waals surface area contributed by atoms with Crippen LogP contribution in [0.1, 0.15) is 72.1 Å². The van der Waals surface area contributed by atoms with Gasteiger partial charge in [-0.3, -0.25) is 9.59 Å². The monoisotopic (exact) mass is 730 g/mol. The summed E-state index contributed by atoms with van der Waals surface area (Å²) in [6, 6.07) is 37.6. The fourth-order valence-corrected chi connectivity index (χ4v) is 6.51. The molecule has 0 unspecified atom stereocenters. The van der Waals surface area contributed by atoms with Crippen LogP contribution in [-0.2, 0) is 35.8 Å². The van der Waals surface area contributed by atoms with Crippen LogP contribution in [0.2, 0.25) is 5.02 Å². The van der Waals surface area contributed by atoms with Gasteiger partial charge in [0.25, 0.3) is 0 Å². The van der Waals surface area contributed by atoms with E-state index in [1.54, 1.807) is 12.1 Å². The van der Waals surface area contributed by atoms with Gasteiger partial charge in [0.05, 0.1) is 5.92 Å². The van der Waals surface area contributed by atoms with E-state index in [0.717, 1.165) is 38.9 Å². The number of hydrogen-bond donors (Lipinski definition) is 1. The van der Waals surface area contributed by atoms with Crippen LogP contribution >= 0.6 is 11.6 Å². The van der Waals surface area contributed by atoms with Crippen molar-refractivity contribution in [3.63, 3.8) is 0 Å². The first-order valence-corrected chi connectivity index (χ1v) is 18.1. The summed E-state index contributed by atoms with van der Waals surface area (Å²) in [6.07, 6.45) is 0.882. The average Bonchev–Trinajstić information content (AvgIpc) is 3.07. The van der Waals surface area contributed by atoms with Gasteiger partial charge in [0.15, 0.2) is 5.78 Å². The molecule has 0 saturated carbocycles. The molecule has 0 bridgehead atoms. The minimum absolute atomic E-state index is 0. The molecule has 0 aromatic heterocycles. The number of amides is 1. The molecule has 0 aliphatic rings.